The average Bonchev–Trinajstić information content (AvgIpc) is 1.94. The molecule has 0 saturated carbocycles. The van der Waals surface area contributed by atoms with Gasteiger partial charge in [-0.1, -0.05) is 18.2 Å². The predicted octanol–water partition coefficient (Wildman–Crippen LogP) is 0.991. The maximum atomic E-state index is 12.9. The van der Waals surface area contributed by atoms with Gasteiger partial charge in [0.25, 0.3) is 0 Å². The van der Waals surface area contributed by atoms with Gasteiger partial charge < -0.3 is 10.2 Å². The van der Waals surface area contributed by atoms with E-state index in [0.29, 0.717) is 0 Å². The highest BCUT2D eigenvalue weighted by Gasteiger charge is 2.09. The number of aliphatic hydroxyl groups excluding tert-OH is 1. The first-order chi connectivity index (χ1) is 5.13. The highest BCUT2D eigenvalue weighted by molar-refractivity contribution is 5.28. The van der Waals surface area contributed by atoms with Crippen molar-refractivity contribution in [1.82, 2.24) is 0 Å². The Morgan fingerprint density at radius 2 is 2.00 bits per heavy atom. The highest BCUT2D eigenvalue weighted by atomic mass is 19.1. The second-order valence-corrected chi connectivity index (χ2v) is 2.19. The van der Waals surface area contributed by atoms with Gasteiger partial charge in [-0.15, -0.1) is 0 Å². The lowest BCUT2D eigenvalue weighted by Crippen LogP contribution is -1.99. The van der Waals surface area contributed by atoms with Crippen molar-refractivity contribution in [2.45, 2.75) is 6.29 Å². The van der Waals surface area contributed by atoms with Crippen LogP contribution in [-0.4, -0.2) is 10.2 Å². The Morgan fingerprint density at radius 3 is 2.45 bits per heavy atom. The van der Waals surface area contributed by atoms with Gasteiger partial charge in [0.2, 0.25) is 0 Å². The van der Waals surface area contributed by atoms with Gasteiger partial charge in [-0.3, -0.25) is 0 Å². The maximum absolute atomic E-state index is 12.9. The van der Waals surface area contributed by atoms with Crippen LogP contribution in [0.5, 0.6) is 0 Å². The summed E-state index contributed by atoms with van der Waals surface area (Å²) in [7, 11) is 0. The van der Waals surface area contributed by atoms with Crippen LogP contribution in [-0.2, 0) is 0 Å². The molecule has 1 aromatic carbocycles. The van der Waals surface area contributed by atoms with Gasteiger partial charge in [-0.25, -0.2) is 4.39 Å². The van der Waals surface area contributed by atoms with Crippen LogP contribution in [0.25, 0.3) is 0 Å². The lowest BCUT2D eigenvalue weighted by atomic mass is 10.1. The molecule has 59 valence electrons. The van der Waals surface area contributed by atoms with Crippen molar-refractivity contribution in [2.24, 2.45) is 0 Å². The van der Waals surface area contributed by atoms with Crippen molar-refractivity contribution in [3.63, 3.8) is 0 Å². The van der Waals surface area contributed by atoms with Crippen LogP contribution >= 0.6 is 0 Å². The fraction of sp³-hybridized carbons (Fsp3) is 0.125. The molecule has 0 spiro atoms. The van der Waals surface area contributed by atoms with Crippen molar-refractivity contribution >= 4 is 0 Å². The fourth-order valence-electron chi connectivity index (χ4n) is 0.799. The van der Waals surface area contributed by atoms with Gasteiger partial charge in [-0.2, -0.15) is 0 Å². The molecule has 3 heteroatoms. The lowest BCUT2D eigenvalue weighted by molar-refractivity contribution is -0.0449. The Morgan fingerprint density at radius 1 is 1.36 bits per heavy atom. The van der Waals surface area contributed by atoms with Crippen LogP contribution in [0.2, 0.25) is 0 Å². The quantitative estimate of drug-likeness (QED) is 0.594. The predicted molar refractivity (Wildman–Crippen MR) is 38.0 cm³/mol. The Hall–Kier alpha value is -0.930. The fourth-order valence-corrected chi connectivity index (χ4v) is 0.799. The Bertz CT molecular complexity index is 258. The molecule has 0 bridgehead atoms. The van der Waals surface area contributed by atoms with Gasteiger partial charge in [0.15, 0.2) is 6.29 Å². The second-order valence-electron chi connectivity index (χ2n) is 2.19. The zero-order valence-corrected chi connectivity index (χ0v) is 5.79. The van der Waals surface area contributed by atoms with E-state index in [-0.39, 0.29) is 11.1 Å². The molecule has 2 nitrogen and oxygen atoms in total. The molecule has 0 aliphatic heterocycles. The van der Waals surface area contributed by atoms with Crippen LogP contribution in [0.3, 0.4) is 0 Å². The molecule has 2 N–H and O–H groups in total. The van der Waals surface area contributed by atoms with Gasteiger partial charge in [0, 0.05) is 5.56 Å². The third-order valence-corrected chi connectivity index (χ3v) is 1.39. The molecule has 0 saturated heterocycles. The van der Waals surface area contributed by atoms with Crippen LogP contribution in [0.1, 0.15) is 17.4 Å². The summed E-state index contributed by atoms with van der Waals surface area (Å²) in [4.78, 5) is 0. The molecule has 1 radical (unpaired) electrons. The Kier molecular flexibility index (Phi) is 2.22. The molecule has 0 atom stereocenters. The summed E-state index contributed by atoms with van der Waals surface area (Å²) >= 11 is 0. The van der Waals surface area contributed by atoms with Gasteiger partial charge in [0.1, 0.15) is 5.82 Å². The molecule has 0 aliphatic carbocycles. The smallest absolute Gasteiger partial charge is 0.181 e. The number of hydrogen-bond acceptors (Lipinski definition) is 2. The van der Waals surface area contributed by atoms with E-state index < -0.39 is 12.1 Å². The number of benzene rings is 1. The zero-order valence-electron chi connectivity index (χ0n) is 5.79. The van der Waals surface area contributed by atoms with E-state index in [9.17, 15) is 4.39 Å². The minimum Gasteiger partial charge on any atom is -0.364 e. The summed E-state index contributed by atoms with van der Waals surface area (Å²) in [6.07, 6.45) is -1.77. The molecular formula is C8H8FO2. The maximum Gasteiger partial charge on any atom is 0.181 e. The summed E-state index contributed by atoms with van der Waals surface area (Å²) in [6.45, 7) is 3.37. The molecule has 0 unspecified atom stereocenters. The second kappa shape index (κ2) is 2.98. The van der Waals surface area contributed by atoms with Crippen molar-refractivity contribution in [3.8, 4) is 0 Å². The minimum absolute atomic E-state index is 0.141. The van der Waals surface area contributed by atoms with E-state index in [2.05, 4.69) is 6.92 Å². The molecule has 0 aliphatic rings. The van der Waals surface area contributed by atoms with Crippen molar-refractivity contribution in [2.75, 3.05) is 0 Å². The SMILES string of the molecule is [CH2]c1cccc(C(O)O)c1F. The number of halogens is 1. The minimum atomic E-state index is -1.77. The summed E-state index contributed by atoms with van der Waals surface area (Å²) in [6, 6.07) is 4.27. The molecule has 0 aromatic heterocycles. The summed E-state index contributed by atoms with van der Waals surface area (Å²) in [5, 5.41) is 17.2. The summed E-state index contributed by atoms with van der Waals surface area (Å²) in [5.74, 6) is -0.664. The van der Waals surface area contributed by atoms with Crippen LogP contribution in [0.4, 0.5) is 4.39 Å². The first-order valence-electron chi connectivity index (χ1n) is 3.09. The summed E-state index contributed by atoms with van der Waals surface area (Å²) in [5.41, 5.74) is 0.0214. The van der Waals surface area contributed by atoms with E-state index >= 15 is 0 Å². The van der Waals surface area contributed by atoms with Crippen molar-refractivity contribution < 1.29 is 14.6 Å². The molecule has 11 heavy (non-hydrogen) atoms. The third-order valence-electron chi connectivity index (χ3n) is 1.39. The Labute approximate surface area is 63.9 Å². The lowest BCUT2D eigenvalue weighted by Gasteiger charge is -2.05. The molecule has 1 rings (SSSR count). The van der Waals surface area contributed by atoms with Gasteiger partial charge >= 0.3 is 0 Å². The van der Waals surface area contributed by atoms with E-state index in [1.165, 1.54) is 18.2 Å². The summed E-state index contributed by atoms with van der Waals surface area (Å²) < 4.78 is 12.9. The van der Waals surface area contributed by atoms with Crippen LogP contribution in [0.15, 0.2) is 18.2 Å². The average molecular weight is 155 g/mol. The molecular weight excluding hydrogens is 147 g/mol. The number of hydrogen-bond donors (Lipinski definition) is 2. The number of aliphatic hydroxyl groups is 2. The van der Waals surface area contributed by atoms with E-state index in [4.69, 9.17) is 10.2 Å². The van der Waals surface area contributed by atoms with Gasteiger partial charge in [0.05, 0.1) is 0 Å². The van der Waals surface area contributed by atoms with Gasteiger partial charge in [-0.05, 0) is 12.5 Å². The molecule has 1 aromatic rings. The van der Waals surface area contributed by atoms with E-state index in [0.717, 1.165) is 0 Å². The first-order valence-corrected chi connectivity index (χ1v) is 3.09. The molecule has 0 heterocycles. The highest BCUT2D eigenvalue weighted by Crippen LogP contribution is 2.16. The van der Waals surface area contributed by atoms with E-state index in [1.807, 2.05) is 0 Å². The topological polar surface area (TPSA) is 40.5 Å². The monoisotopic (exact) mass is 155 g/mol. The van der Waals surface area contributed by atoms with Crippen molar-refractivity contribution in [1.29, 1.82) is 0 Å². The first kappa shape index (κ1) is 8.17. The largest absolute Gasteiger partial charge is 0.364 e. The van der Waals surface area contributed by atoms with Crippen LogP contribution in [0, 0.1) is 12.7 Å². The molecule has 0 amide bonds. The number of rotatable bonds is 1. The zero-order chi connectivity index (χ0) is 8.43. The third kappa shape index (κ3) is 1.56. The van der Waals surface area contributed by atoms with Crippen LogP contribution < -0.4 is 0 Å². The normalized spacial score (nSPS) is 10.6. The van der Waals surface area contributed by atoms with E-state index in [1.54, 1.807) is 0 Å². The standard InChI is InChI=1S/C8H8FO2/c1-5-3-2-4-6(7(5)9)8(10)11/h2-4,8,10-11H,1H2. The molecule has 0 fully saturated rings. The van der Waals surface area contributed by atoms with Crippen molar-refractivity contribution in [3.05, 3.63) is 42.1 Å². The Balaban J connectivity index is 3.17.